The van der Waals surface area contributed by atoms with Gasteiger partial charge < -0.3 is 15.3 Å². The van der Waals surface area contributed by atoms with Gasteiger partial charge in [-0.15, -0.1) is 0 Å². The van der Waals surface area contributed by atoms with Crippen LogP contribution >= 0.6 is 0 Å². The zero-order chi connectivity index (χ0) is 5.28. The van der Waals surface area contributed by atoms with Gasteiger partial charge >= 0.3 is 12.1 Å². The van der Waals surface area contributed by atoms with Gasteiger partial charge in [0.15, 0.2) is 0 Å². The predicted octanol–water partition coefficient (Wildman–Crippen LogP) is -0.643. The lowest BCUT2D eigenvalue weighted by atomic mass is 11.2. The van der Waals surface area contributed by atoms with Gasteiger partial charge in [0.05, 0.1) is 0 Å². The van der Waals surface area contributed by atoms with Crippen molar-refractivity contribution in [3.63, 3.8) is 0 Å². The molecule has 0 atom stereocenters. The van der Waals surface area contributed by atoms with Crippen molar-refractivity contribution in [1.29, 1.82) is 0 Å². The summed E-state index contributed by atoms with van der Waals surface area (Å²) in [6.07, 6.45) is -0.502. The molecular weight excluding hydrogens is 98.0 g/mol. The Balaban J connectivity index is 3.04. The third-order valence-electron chi connectivity index (χ3n) is 0.430. The van der Waals surface area contributed by atoms with Crippen LogP contribution in [0.2, 0.25) is 0 Å². The highest BCUT2D eigenvalue weighted by Crippen LogP contribution is 2.04. The van der Waals surface area contributed by atoms with Gasteiger partial charge in [0.25, 0.3) is 0 Å². The van der Waals surface area contributed by atoms with E-state index in [0.717, 1.165) is 0 Å². The lowest BCUT2D eigenvalue weighted by Gasteiger charge is -1.70. The van der Waals surface area contributed by atoms with Crippen molar-refractivity contribution in [1.82, 2.24) is 10.2 Å². The monoisotopic (exact) mass is 101 g/mol. The van der Waals surface area contributed by atoms with Gasteiger partial charge in [-0.3, -0.25) is 0 Å². The molecule has 3 N–H and O–H groups in total. The van der Waals surface area contributed by atoms with E-state index in [2.05, 4.69) is 14.6 Å². The van der Waals surface area contributed by atoms with Crippen molar-refractivity contribution >= 4 is 6.01 Å². The third-order valence-corrected chi connectivity index (χ3v) is 0.430. The summed E-state index contributed by atoms with van der Waals surface area (Å²) in [7, 11) is 0. The molecule has 0 aliphatic rings. The van der Waals surface area contributed by atoms with E-state index < -0.39 is 6.08 Å². The molecule has 1 aromatic rings. The van der Waals surface area contributed by atoms with Crippen molar-refractivity contribution in [2.24, 2.45) is 0 Å². The maximum atomic E-state index is 8.23. The van der Waals surface area contributed by atoms with E-state index in [1.807, 2.05) is 0 Å². The van der Waals surface area contributed by atoms with Gasteiger partial charge in [0.2, 0.25) is 0 Å². The first-order valence-corrected chi connectivity index (χ1v) is 1.57. The van der Waals surface area contributed by atoms with E-state index in [1.165, 1.54) is 0 Å². The molecule has 5 nitrogen and oxygen atoms in total. The van der Waals surface area contributed by atoms with Gasteiger partial charge in [-0.25, -0.2) is 0 Å². The number of hydrogen-bond donors (Lipinski definition) is 2. The number of nitrogens with two attached hydrogens (primary N) is 1. The van der Waals surface area contributed by atoms with Crippen LogP contribution in [0.5, 0.6) is 6.08 Å². The summed E-state index contributed by atoms with van der Waals surface area (Å²) in [5.74, 6) is 0. The molecule has 0 bridgehead atoms. The minimum absolute atomic E-state index is 0.127. The van der Waals surface area contributed by atoms with E-state index in [9.17, 15) is 0 Å². The number of nitrogens with zero attached hydrogens (tertiary/aromatic N) is 2. The van der Waals surface area contributed by atoms with Crippen LogP contribution in [-0.4, -0.2) is 15.3 Å². The Morgan fingerprint density at radius 1 is 1.57 bits per heavy atom. The SMILES string of the molecule is Nc1nnc(O)o1. The Morgan fingerprint density at radius 3 is 2.43 bits per heavy atom. The van der Waals surface area contributed by atoms with E-state index in [-0.39, 0.29) is 6.01 Å². The summed E-state index contributed by atoms with van der Waals surface area (Å²) in [5, 5.41) is 14.4. The molecule has 0 saturated carbocycles. The van der Waals surface area contributed by atoms with E-state index in [4.69, 9.17) is 10.8 Å². The molecule has 0 aliphatic heterocycles. The van der Waals surface area contributed by atoms with Crippen LogP contribution in [0.4, 0.5) is 6.01 Å². The van der Waals surface area contributed by atoms with Crippen molar-refractivity contribution < 1.29 is 9.52 Å². The molecule has 1 rings (SSSR count). The number of aromatic nitrogens is 2. The van der Waals surface area contributed by atoms with Gasteiger partial charge in [0, 0.05) is 0 Å². The molecule has 38 valence electrons. The number of hydrogen-bond acceptors (Lipinski definition) is 5. The van der Waals surface area contributed by atoms with Crippen LogP contribution in [0.3, 0.4) is 0 Å². The zero-order valence-corrected chi connectivity index (χ0v) is 3.33. The van der Waals surface area contributed by atoms with Crippen LogP contribution in [0.25, 0.3) is 0 Å². The maximum absolute atomic E-state index is 8.23. The Morgan fingerprint density at radius 2 is 2.29 bits per heavy atom. The van der Waals surface area contributed by atoms with Crippen LogP contribution in [0.15, 0.2) is 4.42 Å². The number of aromatic hydroxyl groups is 1. The quantitative estimate of drug-likeness (QED) is 0.454. The predicted molar refractivity (Wildman–Crippen MR) is 20.4 cm³/mol. The fraction of sp³-hybridized carbons (Fsp3) is 0. The first-order valence-electron chi connectivity index (χ1n) is 1.57. The fourth-order valence-corrected chi connectivity index (χ4v) is 0.226. The highest BCUT2D eigenvalue weighted by Gasteiger charge is 1.93. The second-order valence-corrected chi connectivity index (χ2v) is 0.923. The Kier molecular flexibility index (Phi) is 0.619. The smallest absolute Gasteiger partial charge is 0.413 e. The van der Waals surface area contributed by atoms with Crippen molar-refractivity contribution in [2.75, 3.05) is 5.73 Å². The average molecular weight is 101 g/mol. The largest absolute Gasteiger partial charge is 0.465 e. The van der Waals surface area contributed by atoms with Gasteiger partial charge in [-0.2, -0.15) is 0 Å². The van der Waals surface area contributed by atoms with Gasteiger partial charge in [-0.05, 0) is 0 Å². The highest BCUT2D eigenvalue weighted by molar-refractivity contribution is 5.05. The average Bonchev–Trinajstić information content (AvgIpc) is 1.87. The minimum Gasteiger partial charge on any atom is -0.465 e. The number of anilines is 1. The van der Waals surface area contributed by atoms with Crippen LogP contribution in [-0.2, 0) is 0 Å². The van der Waals surface area contributed by atoms with Crippen LogP contribution in [0, 0.1) is 0 Å². The number of rotatable bonds is 0. The van der Waals surface area contributed by atoms with Gasteiger partial charge in [0.1, 0.15) is 0 Å². The molecule has 0 radical (unpaired) electrons. The van der Waals surface area contributed by atoms with E-state index in [1.54, 1.807) is 0 Å². The molecule has 1 heterocycles. The Hall–Kier alpha value is -1.26. The Bertz CT molecular complexity index is 143. The molecule has 0 amide bonds. The maximum Gasteiger partial charge on any atom is 0.413 e. The molecule has 1 aromatic heterocycles. The first-order chi connectivity index (χ1) is 3.29. The normalized spacial score (nSPS) is 9.14. The molecule has 0 aromatic carbocycles. The lowest BCUT2D eigenvalue weighted by Crippen LogP contribution is -1.81. The topological polar surface area (TPSA) is 85.2 Å². The summed E-state index contributed by atoms with van der Waals surface area (Å²) in [4.78, 5) is 0. The zero-order valence-electron chi connectivity index (χ0n) is 3.33. The minimum atomic E-state index is -0.502. The summed E-state index contributed by atoms with van der Waals surface area (Å²) in [5.41, 5.74) is 4.88. The van der Waals surface area contributed by atoms with Crippen LogP contribution < -0.4 is 5.73 Å². The molecule has 5 heteroatoms. The molecule has 0 unspecified atom stereocenters. The van der Waals surface area contributed by atoms with E-state index in [0.29, 0.717) is 0 Å². The molecule has 0 aliphatic carbocycles. The Labute approximate surface area is 38.8 Å². The molecule has 7 heavy (non-hydrogen) atoms. The molecule has 0 spiro atoms. The third kappa shape index (κ3) is 0.594. The summed E-state index contributed by atoms with van der Waals surface area (Å²) >= 11 is 0. The molecule has 0 fully saturated rings. The number of nitrogen functional groups attached to an aromatic ring is 1. The van der Waals surface area contributed by atoms with Gasteiger partial charge in [-0.1, -0.05) is 10.2 Å². The van der Waals surface area contributed by atoms with Crippen LogP contribution in [0.1, 0.15) is 0 Å². The lowest BCUT2D eigenvalue weighted by molar-refractivity contribution is 0.321. The molecular formula is C2H3N3O2. The fourth-order valence-electron chi connectivity index (χ4n) is 0.226. The summed E-state index contributed by atoms with van der Waals surface area (Å²) in [6, 6.07) is -0.127. The van der Waals surface area contributed by atoms with E-state index >= 15 is 0 Å². The van der Waals surface area contributed by atoms with Crippen molar-refractivity contribution in [3.05, 3.63) is 0 Å². The standard InChI is InChI=1S/C2H3N3O2/c3-1-4-5-2(6)7-1/h(H2,3,4)(H,5,6). The second kappa shape index (κ2) is 1.11. The second-order valence-electron chi connectivity index (χ2n) is 0.923. The summed E-state index contributed by atoms with van der Waals surface area (Å²) in [6.45, 7) is 0. The van der Waals surface area contributed by atoms with Crippen molar-refractivity contribution in [3.8, 4) is 6.08 Å². The molecule has 0 saturated heterocycles. The van der Waals surface area contributed by atoms with Crippen molar-refractivity contribution in [2.45, 2.75) is 0 Å². The first kappa shape index (κ1) is 3.91. The highest BCUT2D eigenvalue weighted by atomic mass is 16.5. The summed E-state index contributed by atoms with van der Waals surface area (Å²) < 4.78 is 4.19.